The highest BCUT2D eigenvalue weighted by Crippen LogP contribution is 2.12. The van der Waals surface area contributed by atoms with E-state index in [1.807, 2.05) is 11.9 Å². The summed E-state index contributed by atoms with van der Waals surface area (Å²) in [5.41, 5.74) is 0. The zero-order valence-corrected chi connectivity index (χ0v) is 12.2. The van der Waals surface area contributed by atoms with Crippen molar-refractivity contribution < 1.29 is 4.42 Å². The van der Waals surface area contributed by atoms with Crippen LogP contribution < -0.4 is 10.2 Å². The quantitative estimate of drug-likeness (QED) is 0.771. The third-order valence-corrected chi connectivity index (χ3v) is 2.65. The summed E-state index contributed by atoms with van der Waals surface area (Å²) in [5.74, 6) is 1.96. The van der Waals surface area contributed by atoms with Gasteiger partial charge in [-0.05, 0) is 24.8 Å². The molecule has 1 rings (SSSR count). The molecule has 0 saturated carbocycles. The molecular formula is C13H26N4O. The van der Waals surface area contributed by atoms with Gasteiger partial charge in [-0.3, -0.25) is 0 Å². The van der Waals surface area contributed by atoms with Gasteiger partial charge in [0.2, 0.25) is 5.89 Å². The second-order valence-corrected chi connectivity index (χ2v) is 5.61. The van der Waals surface area contributed by atoms with Gasteiger partial charge in [0.25, 0.3) is 0 Å². The zero-order chi connectivity index (χ0) is 13.5. The van der Waals surface area contributed by atoms with Crippen LogP contribution in [-0.2, 0) is 6.54 Å². The first-order chi connectivity index (χ1) is 8.49. The van der Waals surface area contributed by atoms with Gasteiger partial charge >= 0.3 is 6.01 Å². The lowest BCUT2D eigenvalue weighted by molar-refractivity contribution is 0.447. The average Bonchev–Trinajstić information content (AvgIpc) is 2.74. The topological polar surface area (TPSA) is 54.2 Å². The van der Waals surface area contributed by atoms with Gasteiger partial charge in [-0.25, -0.2) is 0 Å². The number of hydrogen-bond donors (Lipinski definition) is 1. The fourth-order valence-corrected chi connectivity index (χ4v) is 1.49. The first-order valence-corrected chi connectivity index (χ1v) is 6.73. The van der Waals surface area contributed by atoms with Crippen LogP contribution in [0.3, 0.4) is 0 Å². The summed E-state index contributed by atoms with van der Waals surface area (Å²) in [5, 5.41) is 11.4. The van der Waals surface area contributed by atoms with E-state index in [2.05, 4.69) is 43.2 Å². The van der Waals surface area contributed by atoms with Crippen molar-refractivity contribution in [2.24, 2.45) is 11.8 Å². The number of aromatic nitrogens is 2. The van der Waals surface area contributed by atoms with Gasteiger partial charge < -0.3 is 14.6 Å². The van der Waals surface area contributed by atoms with Crippen LogP contribution in [-0.4, -0.2) is 30.3 Å². The van der Waals surface area contributed by atoms with Crippen molar-refractivity contribution in [1.82, 2.24) is 15.5 Å². The molecule has 1 heterocycles. The molecule has 0 aliphatic heterocycles. The minimum absolute atomic E-state index is 0.608. The molecule has 0 fully saturated rings. The van der Waals surface area contributed by atoms with E-state index in [0.29, 0.717) is 30.3 Å². The van der Waals surface area contributed by atoms with Crippen LogP contribution >= 0.6 is 0 Å². The summed E-state index contributed by atoms with van der Waals surface area (Å²) in [6.45, 7) is 11.3. The predicted octanol–water partition coefficient (Wildman–Crippen LogP) is 2.30. The predicted molar refractivity (Wildman–Crippen MR) is 73.6 cm³/mol. The summed E-state index contributed by atoms with van der Waals surface area (Å²) in [6.07, 6.45) is 1.12. The fourth-order valence-electron chi connectivity index (χ4n) is 1.49. The molecule has 5 nitrogen and oxygen atoms in total. The molecule has 104 valence electrons. The van der Waals surface area contributed by atoms with E-state index in [0.717, 1.165) is 19.5 Å². The Hall–Kier alpha value is -1.10. The SMILES string of the molecule is CC(C)CCN(C)c1nnc(CNCC(C)C)o1. The number of anilines is 1. The zero-order valence-electron chi connectivity index (χ0n) is 12.2. The second-order valence-electron chi connectivity index (χ2n) is 5.61. The van der Waals surface area contributed by atoms with Crippen LogP contribution in [0.1, 0.15) is 40.0 Å². The highest BCUT2D eigenvalue weighted by Gasteiger charge is 2.10. The van der Waals surface area contributed by atoms with E-state index in [4.69, 9.17) is 4.42 Å². The number of nitrogens with one attached hydrogen (secondary N) is 1. The van der Waals surface area contributed by atoms with Crippen molar-refractivity contribution in [2.45, 2.75) is 40.7 Å². The van der Waals surface area contributed by atoms with Gasteiger partial charge in [0.15, 0.2) is 0 Å². The summed E-state index contributed by atoms with van der Waals surface area (Å²) < 4.78 is 5.60. The second kappa shape index (κ2) is 7.36. The molecule has 1 aromatic rings. The van der Waals surface area contributed by atoms with Crippen LogP contribution in [0.15, 0.2) is 4.42 Å². The summed E-state index contributed by atoms with van der Waals surface area (Å²) in [6, 6.07) is 0.608. The van der Waals surface area contributed by atoms with Gasteiger partial charge in [0, 0.05) is 13.6 Å². The summed E-state index contributed by atoms with van der Waals surface area (Å²) in [7, 11) is 1.99. The van der Waals surface area contributed by atoms with Crippen LogP contribution in [0.2, 0.25) is 0 Å². The van der Waals surface area contributed by atoms with Crippen molar-refractivity contribution >= 4 is 6.01 Å². The van der Waals surface area contributed by atoms with E-state index >= 15 is 0 Å². The normalized spacial score (nSPS) is 11.5. The molecule has 0 unspecified atom stereocenters. The van der Waals surface area contributed by atoms with Gasteiger partial charge in [-0.1, -0.05) is 32.8 Å². The maximum atomic E-state index is 5.60. The van der Waals surface area contributed by atoms with Crippen molar-refractivity contribution in [3.05, 3.63) is 5.89 Å². The van der Waals surface area contributed by atoms with E-state index < -0.39 is 0 Å². The molecule has 5 heteroatoms. The molecule has 1 N–H and O–H groups in total. The maximum absolute atomic E-state index is 5.60. The molecule has 0 bridgehead atoms. The van der Waals surface area contributed by atoms with Crippen LogP contribution in [0, 0.1) is 11.8 Å². The van der Waals surface area contributed by atoms with Crippen molar-refractivity contribution in [2.75, 3.05) is 25.0 Å². The number of rotatable bonds is 8. The minimum atomic E-state index is 0.608. The fraction of sp³-hybridized carbons (Fsp3) is 0.846. The molecule has 1 aromatic heterocycles. The van der Waals surface area contributed by atoms with Gasteiger partial charge in [-0.15, -0.1) is 5.10 Å². The molecule has 0 aliphatic rings. The molecule has 0 atom stereocenters. The Balaban J connectivity index is 2.37. The summed E-state index contributed by atoms with van der Waals surface area (Å²) in [4.78, 5) is 2.01. The smallest absolute Gasteiger partial charge is 0.317 e. The monoisotopic (exact) mass is 254 g/mol. The number of nitrogens with zero attached hydrogens (tertiary/aromatic N) is 3. The molecule has 0 aromatic carbocycles. The Morgan fingerprint density at radius 1 is 1.17 bits per heavy atom. The van der Waals surface area contributed by atoms with Gasteiger partial charge in [-0.2, -0.15) is 0 Å². The van der Waals surface area contributed by atoms with Crippen LogP contribution in [0.25, 0.3) is 0 Å². The van der Waals surface area contributed by atoms with Crippen LogP contribution in [0.4, 0.5) is 6.01 Å². The average molecular weight is 254 g/mol. The third kappa shape index (κ3) is 5.49. The Morgan fingerprint density at radius 3 is 2.50 bits per heavy atom. The first-order valence-electron chi connectivity index (χ1n) is 6.73. The molecule has 18 heavy (non-hydrogen) atoms. The molecule has 0 amide bonds. The Labute approximate surface area is 110 Å². The largest absolute Gasteiger partial charge is 0.407 e. The Bertz CT molecular complexity index is 335. The van der Waals surface area contributed by atoms with Gasteiger partial charge in [0.1, 0.15) is 0 Å². The minimum Gasteiger partial charge on any atom is -0.407 e. The maximum Gasteiger partial charge on any atom is 0.317 e. The third-order valence-electron chi connectivity index (χ3n) is 2.65. The molecule has 0 spiro atoms. The van der Waals surface area contributed by atoms with E-state index in [1.165, 1.54) is 0 Å². The van der Waals surface area contributed by atoms with Crippen molar-refractivity contribution in [3.8, 4) is 0 Å². The standard InChI is InChI=1S/C13H26N4O/c1-10(2)6-7-17(5)13-16-15-12(18-13)9-14-8-11(3)4/h10-11,14H,6-9H2,1-5H3. The highest BCUT2D eigenvalue weighted by atomic mass is 16.4. The summed E-state index contributed by atoms with van der Waals surface area (Å²) >= 11 is 0. The van der Waals surface area contributed by atoms with Gasteiger partial charge in [0.05, 0.1) is 6.54 Å². The van der Waals surface area contributed by atoms with E-state index in [9.17, 15) is 0 Å². The molecule has 0 aliphatic carbocycles. The lowest BCUT2D eigenvalue weighted by Gasteiger charge is -2.14. The lowest BCUT2D eigenvalue weighted by atomic mass is 10.1. The van der Waals surface area contributed by atoms with E-state index in [1.54, 1.807) is 0 Å². The Kier molecular flexibility index (Phi) is 6.12. The van der Waals surface area contributed by atoms with Crippen molar-refractivity contribution in [3.63, 3.8) is 0 Å². The lowest BCUT2D eigenvalue weighted by Crippen LogP contribution is -2.20. The first kappa shape index (κ1) is 15.0. The van der Waals surface area contributed by atoms with E-state index in [-0.39, 0.29) is 0 Å². The highest BCUT2D eigenvalue weighted by molar-refractivity contribution is 5.21. The molecular weight excluding hydrogens is 228 g/mol. The molecule has 0 saturated heterocycles. The number of hydrogen-bond acceptors (Lipinski definition) is 5. The van der Waals surface area contributed by atoms with Crippen molar-refractivity contribution in [1.29, 1.82) is 0 Å². The molecule has 0 radical (unpaired) electrons. The van der Waals surface area contributed by atoms with Crippen LogP contribution in [0.5, 0.6) is 0 Å². The Morgan fingerprint density at radius 2 is 1.89 bits per heavy atom.